The Kier molecular flexibility index (Phi) is 9.34. The van der Waals surface area contributed by atoms with Crippen LogP contribution in [0.5, 0.6) is 0 Å². The summed E-state index contributed by atoms with van der Waals surface area (Å²) in [5.41, 5.74) is 2.88. The molecule has 0 aliphatic heterocycles. The molecular weight excluding hydrogens is 510 g/mol. The van der Waals surface area contributed by atoms with Gasteiger partial charge in [-0.15, -0.1) is 0 Å². The van der Waals surface area contributed by atoms with E-state index in [0.717, 1.165) is 21.0 Å². The van der Waals surface area contributed by atoms with E-state index < -0.39 is 28.5 Å². The van der Waals surface area contributed by atoms with Crippen molar-refractivity contribution in [3.63, 3.8) is 0 Å². The van der Waals surface area contributed by atoms with E-state index >= 15 is 0 Å². The molecule has 0 heterocycles. The number of anilines is 1. The molecule has 0 aliphatic rings. The van der Waals surface area contributed by atoms with E-state index in [1.165, 1.54) is 24.1 Å². The van der Waals surface area contributed by atoms with Crippen LogP contribution >= 0.6 is 11.6 Å². The molecule has 0 bridgehead atoms. The first-order valence-electron chi connectivity index (χ1n) is 12.0. The summed E-state index contributed by atoms with van der Waals surface area (Å²) in [6, 6.07) is 19.6. The molecule has 0 spiro atoms. The molecule has 1 N–H and O–H groups in total. The van der Waals surface area contributed by atoms with Crippen molar-refractivity contribution in [2.24, 2.45) is 0 Å². The largest absolute Gasteiger partial charge is 0.357 e. The van der Waals surface area contributed by atoms with Gasteiger partial charge in [0.1, 0.15) is 12.6 Å². The maximum Gasteiger partial charge on any atom is 0.264 e. The van der Waals surface area contributed by atoms with Crippen LogP contribution in [0, 0.1) is 13.8 Å². The van der Waals surface area contributed by atoms with E-state index in [4.69, 9.17) is 11.6 Å². The number of likely N-dealkylation sites (N-methyl/N-ethyl adjacent to an activating group) is 1. The highest BCUT2D eigenvalue weighted by Crippen LogP contribution is 2.27. The van der Waals surface area contributed by atoms with Crippen LogP contribution in [0.15, 0.2) is 77.7 Å². The monoisotopic (exact) mass is 541 g/mol. The molecule has 0 radical (unpaired) electrons. The molecule has 0 fully saturated rings. The molecule has 0 saturated heterocycles. The van der Waals surface area contributed by atoms with Crippen LogP contribution in [-0.2, 0) is 26.2 Å². The number of nitrogens with one attached hydrogen (secondary N) is 1. The van der Waals surface area contributed by atoms with Crippen molar-refractivity contribution in [1.82, 2.24) is 10.2 Å². The van der Waals surface area contributed by atoms with Gasteiger partial charge in [0.2, 0.25) is 11.8 Å². The molecule has 2 amide bonds. The average molecular weight is 542 g/mol. The number of nitrogens with zero attached hydrogens (tertiary/aromatic N) is 2. The first kappa shape index (κ1) is 28.2. The van der Waals surface area contributed by atoms with Crippen molar-refractivity contribution >= 4 is 39.1 Å². The second-order valence-electron chi connectivity index (χ2n) is 8.86. The summed E-state index contributed by atoms with van der Waals surface area (Å²) in [5.74, 6) is -0.822. The number of carbonyl (C=O) groups excluding carboxylic acids is 2. The minimum Gasteiger partial charge on any atom is -0.357 e. The Labute approximate surface area is 224 Å². The van der Waals surface area contributed by atoms with E-state index in [-0.39, 0.29) is 17.3 Å². The molecule has 37 heavy (non-hydrogen) atoms. The Morgan fingerprint density at radius 2 is 1.54 bits per heavy atom. The molecule has 3 aromatic carbocycles. The second kappa shape index (κ2) is 12.3. The SMILES string of the molecule is CC[C@H](C(=O)NC)N(Cc1ccc(Cl)cc1)C(=O)CN(c1cc(C)cc(C)c1)S(=O)(=O)c1ccccc1. The third kappa shape index (κ3) is 6.90. The molecular formula is C28H32ClN3O4S. The van der Waals surface area contributed by atoms with Crippen LogP contribution in [0.4, 0.5) is 5.69 Å². The van der Waals surface area contributed by atoms with Gasteiger partial charge >= 0.3 is 0 Å². The number of halogens is 1. The third-order valence-electron chi connectivity index (χ3n) is 6.00. The summed E-state index contributed by atoms with van der Waals surface area (Å²) in [6.45, 7) is 5.20. The fourth-order valence-electron chi connectivity index (χ4n) is 4.22. The second-order valence-corrected chi connectivity index (χ2v) is 11.2. The van der Waals surface area contributed by atoms with E-state index in [2.05, 4.69) is 5.32 Å². The van der Waals surface area contributed by atoms with Crippen LogP contribution in [0.3, 0.4) is 0 Å². The number of benzene rings is 3. The lowest BCUT2D eigenvalue weighted by Crippen LogP contribution is -2.51. The summed E-state index contributed by atoms with van der Waals surface area (Å²) in [7, 11) is -2.57. The lowest BCUT2D eigenvalue weighted by atomic mass is 10.1. The highest BCUT2D eigenvalue weighted by molar-refractivity contribution is 7.92. The van der Waals surface area contributed by atoms with Crippen molar-refractivity contribution in [3.8, 4) is 0 Å². The van der Waals surface area contributed by atoms with Crippen LogP contribution in [0.1, 0.15) is 30.0 Å². The minimum atomic E-state index is -4.09. The molecule has 0 aromatic heterocycles. The molecule has 7 nitrogen and oxygen atoms in total. The molecule has 196 valence electrons. The maximum absolute atomic E-state index is 13.9. The van der Waals surface area contributed by atoms with E-state index in [1.54, 1.807) is 54.6 Å². The summed E-state index contributed by atoms with van der Waals surface area (Å²) in [6.07, 6.45) is 0.355. The molecule has 0 aliphatic carbocycles. The lowest BCUT2D eigenvalue weighted by Gasteiger charge is -2.33. The Morgan fingerprint density at radius 3 is 2.08 bits per heavy atom. The highest BCUT2D eigenvalue weighted by atomic mass is 35.5. The third-order valence-corrected chi connectivity index (χ3v) is 8.04. The van der Waals surface area contributed by atoms with E-state index in [0.29, 0.717) is 17.1 Å². The highest BCUT2D eigenvalue weighted by Gasteiger charge is 2.33. The van der Waals surface area contributed by atoms with Crippen LogP contribution in [-0.4, -0.2) is 44.8 Å². The quantitative estimate of drug-likeness (QED) is 0.403. The van der Waals surface area contributed by atoms with Gasteiger partial charge in [0.05, 0.1) is 10.6 Å². The summed E-state index contributed by atoms with van der Waals surface area (Å²) >= 11 is 6.03. The normalized spacial score (nSPS) is 12.0. The maximum atomic E-state index is 13.9. The van der Waals surface area contributed by atoms with Crippen LogP contribution in [0.2, 0.25) is 5.02 Å². The Hall–Kier alpha value is -3.36. The zero-order valence-corrected chi connectivity index (χ0v) is 23.0. The molecule has 0 unspecified atom stereocenters. The summed E-state index contributed by atoms with van der Waals surface area (Å²) in [5, 5.41) is 3.17. The molecule has 3 aromatic rings. The fraction of sp³-hybridized carbons (Fsp3) is 0.286. The van der Waals surface area contributed by atoms with Crippen LogP contribution < -0.4 is 9.62 Å². The Morgan fingerprint density at radius 1 is 0.946 bits per heavy atom. The van der Waals surface area contributed by atoms with E-state index in [9.17, 15) is 18.0 Å². The number of aryl methyl sites for hydroxylation is 2. The number of hydrogen-bond donors (Lipinski definition) is 1. The number of rotatable bonds is 10. The van der Waals surface area contributed by atoms with Gasteiger partial charge in [-0.2, -0.15) is 0 Å². The average Bonchev–Trinajstić information content (AvgIpc) is 2.87. The topological polar surface area (TPSA) is 86.8 Å². The fourth-order valence-corrected chi connectivity index (χ4v) is 5.76. The number of sulfonamides is 1. The number of amides is 2. The predicted molar refractivity (Wildman–Crippen MR) is 147 cm³/mol. The number of carbonyl (C=O) groups is 2. The summed E-state index contributed by atoms with van der Waals surface area (Å²) in [4.78, 5) is 28.1. The zero-order chi connectivity index (χ0) is 27.2. The van der Waals surface area contributed by atoms with Gasteiger partial charge in [-0.1, -0.05) is 54.9 Å². The Bertz CT molecular complexity index is 1330. The van der Waals surface area contributed by atoms with Crippen molar-refractivity contribution in [3.05, 3.63) is 94.5 Å². The standard InChI is InChI=1S/C28H32ClN3O4S/c1-5-26(28(34)30-4)31(18-22-11-13-23(29)14-12-22)27(33)19-32(24-16-20(2)15-21(3)17-24)37(35,36)25-9-7-6-8-10-25/h6-17,26H,5,18-19H2,1-4H3,(H,30,34)/t26-/m1/s1. The minimum absolute atomic E-state index is 0.0737. The van der Waals surface area contributed by atoms with E-state index in [1.807, 2.05) is 26.8 Å². The van der Waals surface area contributed by atoms with Gasteiger partial charge in [-0.05, 0) is 73.4 Å². The zero-order valence-electron chi connectivity index (χ0n) is 21.4. The van der Waals surface area contributed by atoms with Crippen molar-refractivity contribution in [2.75, 3.05) is 17.9 Å². The predicted octanol–water partition coefficient (Wildman–Crippen LogP) is 4.71. The van der Waals surface area contributed by atoms with Gasteiger partial charge < -0.3 is 10.2 Å². The molecule has 9 heteroatoms. The molecule has 1 atom stereocenters. The van der Waals surface area contributed by atoms with Gasteiger partial charge in [0.15, 0.2) is 0 Å². The van der Waals surface area contributed by atoms with Gasteiger partial charge in [-0.25, -0.2) is 8.42 Å². The molecule has 0 saturated carbocycles. The van der Waals surface area contributed by atoms with Gasteiger partial charge in [0, 0.05) is 18.6 Å². The number of hydrogen-bond acceptors (Lipinski definition) is 4. The first-order chi connectivity index (χ1) is 17.6. The van der Waals surface area contributed by atoms with Crippen LogP contribution in [0.25, 0.3) is 0 Å². The van der Waals surface area contributed by atoms with Gasteiger partial charge in [-0.3, -0.25) is 13.9 Å². The Balaban J connectivity index is 2.07. The lowest BCUT2D eigenvalue weighted by molar-refractivity contribution is -0.140. The first-order valence-corrected chi connectivity index (χ1v) is 13.8. The smallest absolute Gasteiger partial charge is 0.264 e. The molecule has 3 rings (SSSR count). The van der Waals surface area contributed by atoms with Crippen molar-refractivity contribution < 1.29 is 18.0 Å². The summed E-state index contributed by atoms with van der Waals surface area (Å²) < 4.78 is 28.7. The van der Waals surface area contributed by atoms with Crippen molar-refractivity contribution in [1.29, 1.82) is 0 Å². The van der Waals surface area contributed by atoms with Gasteiger partial charge in [0.25, 0.3) is 10.0 Å². The van der Waals surface area contributed by atoms with Crippen molar-refractivity contribution in [2.45, 2.75) is 44.7 Å².